The fourth-order valence-electron chi connectivity index (χ4n) is 4.03. The van der Waals surface area contributed by atoms with E-state index in [2.05, 4.69) is 9.88 Å². The largest absolute Gasteiger partial charge is 0.478 e. The van der Waals surface area contributed by atoms with Crippen molar-refractivity contribution in [2.24, 2.45) is 0 Å². The number of rotatable bonds is 9. The molecule has 0 aliphatic heterocycles. The van der Waals surface area contributed by atoms with Crippen LogP contribution in [-0.4, -0.2) is 49.4 Å². The lowest BCUT2D eigenvalue weighted by molar-refractivity contribution is 0.0699. The van der Waals surface area contributed by atoms with Crippen LogP contribution in [0.3, 0.4) is 0 Å². The molecular weight excluding hydrogens is 473 g/mol. The summed E-state index contributed by atoms with van der Waals surface area (Å²) in [5.74, 6) is -1.85. The van der Waals surface area contributed by atoms with Crippen molar-refractivity contribution < 1.29 is 27.5 Å². The summed E-state index contributed by atoms with van der Waals surface area (Å²) < 4.78 is 43.3. The van der Waals surface area contributed by atoms with Gasteiger partial charge in [-0.2, -0.15) is 0 Å². The van der Waals surface area contributed by atoms with Crippen molar-refractivity contribution >= 4 is 56.6 Å². The maximum atomic E-state index is 14.2. The molecule has 0 saturated heterocycles. The van der Waals surface area contributed by atoms with E-state index in [1.165, 1.54) is 30.7 Å². The molecule has 2 aromatic carbocycles. The van der Waals surface area contributed by atoms with Gasteiger partial charge in [0.2, 0.25) is 0 Å². The Hall–Kier alpha value is -3.60. The molecule has 8 nitrogen and oxygen atoms in total. The molecule has 10 heteroatoms. The second-order valence-corrected chi connectivity index (χ2v) is 8.56. The lowest BCUT2D eigenvalue weighted by Crippen LogP contribution is -2.23. The van der Waals surface area contributed by atoms with Gasteiger partial charge in [0.15, 0.2) is 5.58 Å². The third-order valence-corrected chi connectivity index (χ3v) is 6.51. The number of hydrogen-bond acceptors (Lipinski definition) is 5. The van der Waals surface area contributed by atoms with Crippen LogP contribution >= 0.6 is 0 Å². The summed E-state index contributed by atoms with van der Waals surface area (Å²) >= 11 is -2.67. The Bertz CT molecular complexity index is 1450. The maximum Gasteiger partial charge on any atom is 0.340 e. The first-order chi connectivity index (χ1) is 16.8. The van der Waals surface area contributed by atoms with Gasteiger partial charge in [-0.25, -0.2) is 17.7 Å². The van der Waals surface area contributed by atoms with Crippen molar-refractivity contribution in [1.29, 1.82) is 0 Å². The van der Waals surface area contributed by atoms with Gasteiger partial charge in [0.05, 0.1) is 29.4 Å². The van der Waals surface area contributed by atoms with Gasteiger partial charge in [-0.05, 0) is 49.5 Å². The predicted molar refractivity (Wildman–Crippen MR) is 135 cm³/mol. The average molecular weight is 498 g/mol. The van der Waals surface area contributed by atoms with Gasteiger partial charge in [0.25, 0.3) is 11.3 Å². The van der Waals surface area contributed by atoms with E-state index in [1.807, 2.05) is 19.9 Å². The van der Waals surface area contributed by atoms with E-state index in [4.69, 9.17) is 4.42 Å². The Kier molecular flexibility index (Phi) is 7.25. The number of anilines is 2. The quantitative estimate of drug-likeness (QED) is 0.296. The van der Waals surface area contributed by atoms with Crippen LogP contribution in [0.25, 0.3) is 27.9 Å². The minimum absolute atomic E-state index is 0.0498. The van der Waals surface area contributed by atoms with Gasteiger partial charge in [-0.15, -0.1) is 0 Å². The van der Waals surface area contributed by atoms with Crippen molar-refractivity contribution in [3.8, 4) is 0 Å². The van der Waals surface area contributed by atoms with Gasteiger partial charge < -0.3 is 14.4 Å². The Morgan fingerprint density at radius 3 is 2.57 bits per heavy atom. The van der Waals surface area contributed by atoms with E-state index in [0.717, 1.165) is 23.5 Å². The van der Waals surface area contributed by atoms with Crippen LogP contribution in [-0.2, 0) is 11.3 Å². The van der Waals surface area contributed by atoms with Crippen LogP contribution in [0.5, 0.6) is 0 Å². The summed E-state index contributed by atoms with van der Waals surface area (Å²) in [5.41, 5.74) is 0.827. The lowest BCUT2D eigenvalue weighted by atomic mass is 10.0. The van der Waals surface area contributed by atoms with Crippen LogP contribution < -0.4 is 4.31 Å². The molecule has 1 atom stereocenters. The maximum absolute atomic E-state index is 14.2. The first-order valence-electron chi connectivity index (χ1n) is 11.0. The molecule has 0 fully saturated rings. The molecule has 182 valence electrons. The molecule has 35 heavy (non-hydrogen) atoms. The van der Waals surface area contributed by atoms with E-state index in [1.54, 1.807) is 18.2 Å². The molecule has 0 spiro atoms. The number of likely N-dealkylation sites (N-methyl/N-ethyl adjacent to an activating group) is 1. The van der Waals surface area contributed by atoms with Crippen LogP contribution in [0, 0.1) is 5.82 Å². The Balaban J connectivity index is 1.90. The number of furan rings is 1. The number of hydrogen-bond donors (Lipinski definition) is 2. The third-order valence-electron chi connectivity index (χ3n) is 5.80. The van der Waals surface area contributed by atoms with Gasteiger partial charge in [0.1, 0.15) is 11.4 Å². The predicted octanol–water partition coefficient (Wildman–Crippen LogP) is 5.45. The monoisotopic (exact) mass is 497 g/mol. The van der Waals surface area contributed by atoms with Crippen molar-refractivity contribution in [1.82, 2.24) is 9.88 Å². The Morgan fingerprint density at radius 1 is 1.14 bits per heavy atom. The number of nitrogens with zero attached hydrogens (tertiary/aromatic N) is 3. The van der Waals surface area contributed by atoms with Crippen LogP contribution in [0.1, 0.15) is 29.8 Å². The number of halogens is 1. The molecule has 4 rings (SSSR count). The van der Waals surface area contributed by atoms with Crippen molar-refractivity contribution in [3.05, 3.63) is 71.9 Å². The zero-order valence-corrected chi connectivity index (χ0v) is 20.0. The summed E-state index contributed by atoms with van der Waals surface area (Å²) in [4.78, 5) is 18.8. The molecule has 0 aliphatic rings. The number of carboxylic acid groups (broad SMARTS) is 1. The van der Waals surface area contributed by atoms with E-state index in [9.17, 15) is 23.1 Å². The van der Waals surface area contributed by atoms with E-state index < -0.39 is 23.1 Å². The second-order valence-electron chi connectivity index (χ2n) is 7.73. The highest BCUT2D eigenvalue weighted by atomic mass is 32.2. The highest BCUT2D eigenvalue weighted by molar-refractivity contribution is 7.81. The van der Waals surface area contributed by atoms with Gasteiger partial charge >= 0.3 is 5.97 Å². The van der Waals surface area contributed by atoms with Gasteiger partial charge in [-0.3, -0.25) is 9.54 Å². The highest BCUT2D eigenvalue weighted by Crippen LogP contribution is 2.38. The second kappa shape index (κ2) is 10.3. The smallest absolute Gasteiger partial charge is 0.340 e. The highest BCUT2D eigenvalue weighted by Gasteiger charge is 2.27. The zero-order chi connectivity index (χ0) is 25.1. The molecule has 1 unspecified atom stereocenters. The first-order valence-corrected chi connectivity index (χ1v) is 12.0. The summed E-state index contributed by atoms with van der Waals surface area (Å²) in [6.07, 6.45) is 6.38. The molecular formula is C25H24FN3O5S. The first kappa shape index (κ1) is 24.5. The van der Waals surface area contributed by atoms with Gasteiger partial charge in [-0.1, -0.05) is 26.0 Å². The molecule has 0 saturated carbocycles. The van der Waals surface area contributed by atoms with Crippen LogP contribution in [0.4, 0.5) is 15.8 Å². The fraction of sp³-hybridized carbons (Fsp3) is 0.200. The molecule has 4 aromatic rings. The molecule has 2 heterocycles. The number of benzene rings is 2. The fourth-order valence-corrected chi connectivity index (χ4v) is 4.69. The molecule has 0 bridgehead atoms. The van der Waals surface area contributed by atoms with E-state index >= 15 is 0 Å². The zero-order valence-electron chi connectivity index (χ0n) is 19.1. The third kappa shape index (κ3) is 4.81. The standard InChI is InChI=1S/C25H24FN3O5S/c1-3-28(4-2)12-5-6-16-14-17(26)7-9-20(16)29(35(32)33)21-10-8-19-18-11-13-34-22(18)15-27-24(19)23(21)25(30)31/h5-11,13-15H,3-4,12H2,1-2H3,(H,30,31)(H,32,33). The molecule has 0 amide bonds. The summed E-state index contributed by atoms with van der Waals surface area (Å²) in [6.45, 7) is 6.32. The van der Waals surface area contributed by atoms with E-state index in [-0.39, 0.29) is 22.5 Å². The molecule has 0 radical (unpaired) electrons. The SMILES string of the molecule is CCN(CC)CC=Cc1cc(F)ccc1N(c1ccc2c(ncc3occc32)c1C(=O)O)S(=O)O. The summed E-state index contributed by atoms with van der Waals surface area (Å²) in [5, 5.41) is 11.3. The number of aromatic nitrogens is 1. The number of carbonyl (C=O) groups is 1. The summed E-state index contributed by atoms with van der Waals surface area (Å²) in [7, 11) is 0. The van der Waals surface area contributed by atoms with Crippen LogP contribution in [0.2, 0.25) is 0 Å². The number of pyridine rings is 1. The Labute approximate surface area is 203 Å². The number of aromatic carboxylic acids is 1. The molecule has 2 aromatic heterocycles. The summed E-state index contributed by atoms with van der Waals surface area (Å²) in [6, 6.07) is 8.52. The number of carboxylic acids is 1. The lowest BCUT2D eigenvalue weighted by Gasteiger charge is -2.24. The minimum atomic E-state index is -2.67. The Morgan fingerprint density at radius 2 is 1.89 bits per heavy atom. The topological polar surface area (TPSA) is 107 Å². The molecule has 0 aliphatic carbocycles. The van der Waals surface area contributed by atoms with Crippen molar-refractivity contribution in [2.45, 2.75) is 13.8 Å². The average Bonchev–Trinajstić information content (AvgIpc) is 3.32. The van der Waals surface area contributed by atoms with Crippen LogP contribution in [0.15, 0.2) is 59.4 Å². The van der Waals surface area contributed by atoms with Crippen molar-refractivity contribution in [3.63, 3.8) is 0 Å². The normalized spacial score (nSPS) is 12.7. The number of fused-ring (bicyclic) bond motifs is 3. The van der Waals surface area contributed by atoms with E-state index in [0.29, 0.717) is 28.5 Å². The minimum Gasteiger partial charge on any atom is -0.478 e. The van der Waals surface area contributed by atoms with Gasteiger partial charge in [0, 0.05) is 22.9 Å². The van der Waals surface area contributed by atoms with Crippen molar-refractivity contribution in [2.75, 3.05) is 23.9 Å². The molecule has 2 N–H and O–H groups in total.